The maximum atomic E-state index is 5.81. The first kappa shape index (κ1) is 12.6. The third-order valence-electron chi connectivity index (χ3n) is 2.73. The fourth-order valence-corrected chi connectivity index (χ4v) is 1.84. The van der Waals surface area contributed by atoms with Crippen molar-refractivity contribution >= 4 is 0 Å². The summed E-state index contributed by atoms with van der Waals surface area (Å²) in [5.41, 5.74) is 8.93. The second-order valence-corrected chi connectivity index (χ2v) is 4.26. The number of aromatic nitrogens is 1. The van der Waals surface area contributed by atoms with Crippen LogP contribution in [0.15, 0.2) is 42.6 Å². The van der Waals surface area contributed by atoms with E-state index in [0.717, 1.165) is 23.4 Å². The predicted molar refractivity (Wildman–Crippen MR) is 72.5 cm³/mol. The van der Waals surface area contributed by atoms with Gasteiger partial charge in [0.25, 0.3) is 0 Å². The van der Waals surface area contributed by atoms with E-state index < -0.39 is 0 Å². The van der Waals surface area contributed by atoms with Crippen molar-refractivity contribution in [2.24, 2.45) is 5.73 Å². The Bertz CT molecular complexity index is 497. The zero-order valence-corrected chi connectivity index (χ0v) is 10.6. The van der Waals surface area contributed by atoms with Gasteiger partial charge in [0, 0.05) is 6.20 Å². The van der Waals surface area contributed by atoms with Crippen molar-refractivity contribution in [3.63, 3.8) is 0 Å². The van der Waals surface area contributed by atoms with Crippen molar-refractivity contribution in [3.05, 3.63) is 59.4 Å². The number of benzene rings is 1. The van der Waals surface area contributed by atoms with E-state index in [1.165, 1.54) is 5.56 Å². The quantitative estimate of drug-likeness (QED) is 0.876. The van der Waals surface area contributed by atoms with Crippen LogP contribution in [0.5, 0.6) is 5.75 Å². The summed E-state index contributed by atoms with van der Waals surface area (Å²) in [5.74, 6) is 0.900. The van der Waals surface area contributed by atoms with Gasteiger partial charge in [-0.15, -0.1) is 0 Å². The van der Waals surface area contributed by atoms with Crippen molar-refractivity contribution in [1.29, 1.82) is 0 Å². The maximum Gasteiger partial charge on any atom is 0.130 e. The highest BCUT2D eigenvalue weighted by molar-refractivity contribution is 5.37. The third kappa shape index (κ3) is 3.31. The minimum Gasteiger partial charge on any atom is -0.487 e. The molecule has 0 spiro atoms. The van der Waals surface area contributed by atoms with Crippen LogP contribution in [0, 0.1) is 6.92 Å². The molecule has 1 aromatic carbocycles. The molecule has 94 valence electrons. The standard InChI is InChI=1S/C15H18N2O/c1-12-5-6-15(13(10-12)7-8-16)18-11-14-4-2-3-9-17-14/h2-6,9-10H,7-8,11,16H2,1H3. The minimum absolute atomic E-state index is 0.488. The molecule has 2 rings (SSSR count). The van der Waals surface area contributed by atoms with Gasteiger partial charge in [0.15, 0.2) is 0 Å². The van der Waals surface area contributed by atoms with E-state index in [1.54, 1.807) is 6.20 Å². The van der Waals surface area contributed by atoms with E-state index in [9.17, 15) is 0 Å². The van der Waals surface area contributed by atoms with Crippen molar-refractivity contribution in [2.45, 2.75) is 20.0 Å². The molecule has 0 fully saturated rings. The Labute approximate surface area is 108 Å². The van der Waals surface area contributed by atoms with Crippen molar-refractivity contribution < 1.29 is 4.74 Å². The molecule has 0 atom stereocenters. The van der Waals surface area contributed by atoms with Gasteiger partial charge in [-0.1, -0.05) is 23.8 Å². The Morgan fingerprint density at radius 3 is 2.83 bits per heavy atom. The summed E-state index contributed by atoms with van der Waals surface area (Å²) in [6.45, 7) is 3.19. The molecule has 0 aliphatic rings. The van der Waals surface area contributed by atoms with Gasteiger partial charge in [0.05, 0.1) is 5.69 Å². The van der Waals surface area contributed by atoms with E-state index in [1.807, 2.05) is 30.3 Å². The number of hydrogen-bond donors (Lipinski definition) is 1. The molecule has 2 aromatic rings. The molecule has 0 saturated heterocycles. The van der Waals surface area contributed by atoms with Crippen LogP contribution in [0.4, 0.5) is 0 Å². The highest BCUT2D eigenvalue weighted by Gasteiger charge is 2.04. The van der Waals surface area contributed by atoms with E-state index in [0.29, 0.717) is 13.2 Å². The molecule has 0 amide bonds. The molecular weight excluding hydrogens is 224 g/mol. The lowest BCUT2D eigenvalue weighted by molar-refractivity contribution is 0.298. The van der Waals surface area contributed by atoms with Gasteiger partial charge in [0.2, 0.25) is 0 Å². The average Bonchev–Trinajstić information content (AvgIpc) is 2.39. The fraction of sp³-hybridized carbons (Fsp3) is 0.267. The molecule has 0 aliphatic heterocycles. The lowest BCUT2D eigenvalue weighted by Gasteiger charge is -2.11. The molecule has 2 N–H and O–H groups in total. The lowest BCUT2D eigenvalue weighted by atomic mass is 10.1. The van der Waals surface area contributed by atoms with Gasteiger partial charge in [-0.2, -0.15) is 0 Å². The Hall–Kier alpha value is -1.87. The summed E-state index contributed by atoms with van der Waals surface area (Å²) >= 11 is 0. The normalized spacial score (nSPS) is 10.3. The Balaban J connectivity index is 2.09. The number of aryl methyl sites for hydroxylation is 1. The van der Waals surface area contributed by atoms with Crippen LogP contribution in [0.3, 0.4) is 0 Å². The Kier molecular flexibility index (Phi) is 4.31. The fourth-order valence-electron chi connectivity index (χ4n) is 1.84. The molecule has 0 unspecified atom stereocenters. The average molecular weight is 242 g/mol. The van der Waals surface area contributed by atoms with Gasteiger partial charge in [0.1, 0.15) is 12.4 Å². The van der Waals surface area contributed by atoms with E-state index in [4.69, 9.17) is 10.5 Å². The molecule has 0 bridgehead atoms. The van der Waals surface area contributed by atoms with Crippen molar-refractivity contribution in [1.82, 2.24) is 4.98 Å². The predicted octanol–water partition coefficient (Wildman–Crippen LogP) is 2.47. The summed E-state index contributed by atoms with van der Waals surface area (Å²) in [4.78, 5) is 4.24. The summed E-state index contributed by atoms with van der Waals surface area (Å²) in [7, 11) is 0. The molecule has 0 saturated carbocycles. The molecule has 18 heavy (non-hydrogen) atoms. The molecule has 1 aromatic heterocycles. The minimum atomic E-state index is 0.488. The zero-order chi connectivity index (χ0) is 12.8. The van der Waals surface area contributed by atoms with E-state index >= 15 is 0 Å². The number of rotatable bonds is 5. The van der Waals surface area contributed by atoms with Gasteiger partial charge >= 0.3 is 0 Å². The SMILES string of the molecule is Cc1ccc(OCc2ccccn2)c(CCN)c1. The topological polar surface area (TPSA) is 48.1 Å². The van der Waals surface area contributed by atoms with Gasteiger partial charge in [-0.25, -0.2) is 0 Å². The maximum absolute atomic E-state index is 5.81. The summed E-state index contributed by atoms with van der Waals surface area (Å²) in [5, 5.41) is 0. The molecule has 3 heteroatoms. The highest BCUT2D eigenvalue weighted by atomic mass is 16.5. The highest BCUT2D eigenvalue weighted by Crippen LogP contribution is 2.21. The summed E-state index contributed by atoms with van der Waals surface area (Å²) < 4.78 is 5.81. The smallest absolute Gasteiger partial charge is 0.130 e. The molecular formula is C15H18N2O. The van der Waals surface area contributed by atoms with Gasteiger partial charge in [-0.05, 0) is 43.7 Å². The molecule has 0 radical (unpaired) electrons. The second kappa shape index (κ2) is 6.17. The lowest BCUT2D eigenvalue weighted by Crippen LogP contribution is -2.06. The van der Waals surface area contributed by atoms with Crippen molar-refractivity contribution in [2.75, 3.05) is 6.54 Å². The monoisotopic (exact) mass is 242 g/mol. The first-order valence-electron chi connectivity index (χ1n) is 6.12. The van der Waals surface area contributed by atoms with Crippen LogP contribution in [-0.2, 0) is 13.0 Å². The summed E-state index contributed by atoms with van der Waals surface area (Å²) in [6.07, 6.45) is 2.61. The number of ether oxygens (including phenoxy) is 1. The number of pyridine rings is 1. The van der Waals surface area contributed by atoms with Crippen LogP contribution < -0.4 is 10.5 Å². The zero-order valence-electron chi connectivity index (χ0n) is 10.6. The van der Waals surface area contributed by atoms with Crippen LogP contribution in [0.1, 0.15) is 16.8 Å². The van der Waals surface area contributed by atoms with E-state index in [2.05, 4.69) is 18.0 Å². The number of hydrogen-bond acceptors (Lipinski definition) is 3. The first-order chi connectivity index (χ1) is 8.79. The first-order valence-corrected chi connectivity index (χ1v) is 6.12. The molecule has 3 nitrogen and oxygen atoms in total. The van der Waals surface area contributed by atoms with Crippen LogP contribution in [-0.4, -0.2) is 11.5 Å². The summed E-state index contributed by atoms with van der Waals surface area (Å²) in [6, 6.07) is 12.0. The molecule has 0 aliphatic carbocycles. The van der Waals surface area contributed by atoms with Crippen LogP contribution in [0.2, 0.25) is 0 Å². The number of nitrogens with zero attached hydrogens (tertiary/aromatic N) is 1. The Morgan fingerprint density at radius 1 is 1.22 bits per heavy atom. The Morgan fingerprint density at radius 2 is 2.11 bits per heavy atom. The van der Waals surface area contributed by atoms with Gasteiger partial charge in [-0.3, -0.25) is 4.98 Å². The van der Waals surface area contributed by atoms with Crippen LogP contribution in [0.25, 0.3) is 0 Å². The molecule has 1 heterocycles. The van der Waals surface area contributed by atoms with E-state index in [-0.39, 0.29) is 0 Å². The third-order valence-corrected chi connectivity index (χ3v) is 2.73. The van der Waals surface area contributed by atoms with Crippen molar-refractivity contribution in [3.8, 4) is 5.75 Å². The van der Waals surface area contributed by atoms with Gasteiger partial charge < -0.3 is 10.5 Å². The largest absolute Gasteiger partial charge is 0.487 e. The second-order valence-electron chi connectivity index (χ2n) is 4.26. The number of nitrogens with two attached hydrogens (primary N) is 1. The van der Waals surface area contributed by atoms with Crippen LogP contribution >= 0.6 is 0 Å².